The summed E-state index contributed by atoms with van der Waals surface area (Å²) in [5.74, 6) is 1.70. The quantitative estimate of drug-likeness (QED) is 0.686. The second-order valence-corrected chi connectivity index (χ2v) is 5.39. The topological polar surface area (TPSA) is 45.5 Å². The van der Waals surface area contributed by atoms with E-state index in [0.717, 1.165) is 36.6 Å². The van der Waals surface area contributed by atoms with Crippen molar-refractivity contribution in [2.45, 2.75) is 39.8 Å². The van der Waals surface area contributed by atoms with Crippen LogP contribution in [0.3, 0.4) is 0 Å². The Balaban J connectivity index is 2.08. The van der Waals surface area contributed by atoms with Gasteiger partial charge in [-0.15, -0.1) is 0 Å². The fraction of sp³-hybridized carbons (Fsp3) is 0.714. The summed E-state index contributed by atoms with van der Waals surface area (Å²) in [7, 11) is 0. The molecular weight excluding hydrogens is 276 g/mol. The number of halogens is 2. The number of aromatic nitrogens is 2. The van der Waals surface area contributed by atoms with Crippen molar-refractivity contribution in [1.82, 2.24) is 19.8 Å². The van der Waals surface area contributed by atoms with E-state index >= 15 is 0 Å². The van der Waals surface area contributed by atoms with Gasteiger partial charge in [-0.3, -0.25) is 4.57 Å². The summed E-state index contributed by atoms with van der Waals surface area (Å²) >= 11 is 0. The Bertz CT molecular complexity index is 472. The molecule has 1 aliphatic heterocycles. The molecule has 1 atom stereocenters. The zero-order valence-corrected chi connectivity index (χ0v) is 12.6. The molecule has 0 aromatic carbocycles. The monoisotopic (exact) mass is 299 g/mol. The van der Waals surface area contributed by atoms with Crippen LogP contribution < -0.4 is 5.32 Å². The van der Waals surface area contributed by atoms with Gasteiger partial charge < -0.3 is 10.2 Å². The number of piperidine rings is 1. The van der Waals surface area contributed by atoms with Crippen molar-refractivity contribution in [3.63, 3.8) is 0 Å². The van der Waals surface area contributed by atoms with E-state index in [9.17, 15) is 8.78 Å². The predicted octanol–water partition coefficient (Wildman–Crippen LogP) is 2.48. The van der Waals surface area contributed by atoms with Crippen LogP contribution in [0.5, 0.6) is 0 Å². The molecule has 5 nitrogen and oxygen atoms in total. The summed E-state index contributed by atoms with van der Waals surface area (Å²) in [5, 5.41) is 3.24. The fourth-order valence-electron chi connectivity index (χ4n) is 2.60. The lowest BCUT2D eigenvalue weighted by Gasteiger charge is -2.33. The zero-order valence-electron chi connectivity index (χ0n) is 12.6. The Morgan fingerprint density at radius 2 is 2.38 bits per heavy atom. The Kier molecular flexibility index (Phi) is 5.52. The molecule has 1 aromatic heterocycles. The first-order chi connectivity index (χ1) is 10.1. The van der Waals surface area contributed by atoms with Gasteiger partial charge in [-0.05, 0) is 25.7 Å². The SMILES string of the molecule is CCNC(=NCc1nccn1C(F)F)N1CCCC(C)C1. The van der Waals surface area contributed by atoms with E-state index in [4.69, 9.17) is 0 Å². The molecule has 21 heavy (non-hydrogen) atoms. The molecule has 118 valence electrons. The number of imidazole rings is 1. The lowest BCUT2D eigenvalue weighted by atomic mass is 10.0. The minimum Gasteiger partial charge on any atom is -0.357 e. The fourth-order valence-corrected chi connectivity index (χ4v) is 2.60. The lowest BCUT2D eigenvalue weighted by molar-refractivity contribution is 0.0671. The molecule has 1 fully saturated rings. The first-order valence-corrected chi connectivity index (χ1v) is 7.45. The minimum atomic E-state index is -2.57. The average molecular weight is 299 g/mol. The largest absolute Gasteiger partial charge is 0.357 e. The third-order valence-electron chi connectivity index (χ3n) is 3.62. The van der Waals surface area contributed by atoms with Crippen LogP contribution >= 0.6 is 0 Å². The Morgan fingerprint density at radius 3 is 3.05 bits per heavy atom. The maximum absolute atomic E-state index is 12.8. The maximum Gasteiger partial charge on any atom is 0.319 e. The van der Waals surface area contributed by atoms with Crippen molar-refractivity contribution < 1.29 is 8.78 Å². The van der Waals surface area contributed by atoms with E-state index in [1.54, 1.807) is 0 Å². The van der Waals surface area contributed by atoms with Gasteiger partial charge >= 0.3 is 6.55 Å². The van der Waals surface area contributed by atoms with Gasteiger partial charge in [0, 0.05) is 32.0 Å². The highest BCUT2D eigenvalue weighted by atomic mass is 19.3. The van der Waals surface area contributed by atoms with Crippen LogP contribution in [0.25, 0.3) is 0 Å². The van der Waals surface area contributed by atoms with Gasteiger partial charge in [0.1, 0.15) is 12.4 Å². The molecule has 1 aromatic rings. The molecule has 2 heterocycles. The molecule has 2 rings (SSSR count). The van der Waals surface area contributed by atoms with Crippen molar-refractivity contribution in [3.05, 3.63) is 18.2 Å². The van der Waals surface area contributed by atoms with E-state index in [1.807, 2.05) is 6.92 Å². The van der Waals surface area contributed by atoms with Crippen LogP contribution in [0.1, 0.15) is 39.1 Å². The first-order valence-electron chi connectivity index (χ1n) is 7.45. The Morgan fingerprint density at radius 1 is 1.57 bits per heavy atom. The summed E-state index contributed by atoms with van der Waals surface area (Å²) in [6, 6.07) is 0. The molecule has 0 spiro atoms. The smallest absolute Gasteiger partial charge is 0.319 e. The molecule has 7 heteroatoms. The highest BCUT2D eigenvalue weighted by molar-refractivity contribution is 5.80. The van der Waals surface area contributed by atoms with Crippen LogP contribution in [0.2, 0.25) is 0 Å². The first kappa shape index (κ1) is 15.7. The number of hydrogen-bond donors (Lipinski definition) is 1. The Hall–Kier alpha value is -1.66. The molecule has 0 amide bonds. The summed E-state index contributed by atoms with van der Waals surface area (Å²) in [6.07, 6.45) is 5.03. The van der Waals surface area contributed by atoms with Crippen molar-refractivity contribution in [1.29, 1.82) is 0 Å². The van der Waals surface area contributed by atoms with Crippen LogP contribution in [0.15, 0.2) is 17.4 Å². The Labute approximate surface area is 124 Å². The van der Waals surface area contributed by atoms with Crippen molar-refractivity contribution in [2.24, 2.45) is 10.9 Å². The van der Waals surface area contributed by atoms with E-state index in [0.29, 0.717) is 5.92 Å². The highest BCUT2D eigenvalue weighted by Crippen LogP contribution is 2.16. The highest BCUT2D eigenvalue weighted by Gasteiger charge is 2.19. The van der Waals surface area contributed by atoms with E-state index < -0.39 is 6.55 Å². The number of guanidine groups is 1. The molecular formula is C14H23F2N5. The molecule has 0 radical (unpaired) electrons. The van der Waals surface area contributed by atoms with Gasteiger partial charge in [0.25, 0.3) is 0 Å². The molecule has 1 N–H and O–H groups in total. The number of hydrogen-bond acceptors (Lipinski definition) is 2. The van der Waals surface area contributed by atoms with E-state index in [-0.39, 0.29) is 12.4 Å². The van der Waals surface area contributed by atoms with Crippen molar-refractivity contribution in [2.75, 3.05) is 19.6 Å². The second-order valence-electron chi connectivity index (χ2n) is 5.39. The van der Waals surface area contributed by atoms with E-state index in [2.05, 4.69) is 27.1 Å². The number of rotatable bonds is 4. The third-order valence-corrected chi connectivity index (χ3v) is 3.62. The maximum atomic E-state index is 12.8. The van der Waals surface area contributed by atoms with Crippen molar-refractivity contribution >= 4 is 5.96 Å². The normalized spacial score (nSPS) is 20.1. The van der Waals surface area contributed by atoms with Crippen LogP contribution in [-0.2, 0) is 6.54 Å². The van der Waals surface area contributed by atoms with Gasteiger partial charge in [-0.25, -0.2) is 9.98 Å². The molecule has 0 aliphatic carbocycles. The number of aliphatic imine (C=N–C) groups is 1. The van der Waals surface area contributed by atoms with Gasteiger partial charge in [0.05, 0.1) is 0 Å². The van der Waals surface area contributed by atoms with Crippen LogP contribution in [-0.4, -0.2) is 40.0 Å². The summed E-state index contributed by atoms with van der Waals surface area (Å²) in [6.45, 7) is 4.48. The molecule has 1 aliphatic rings. The zero-order chi connectivity index (χ0) is 15.2. The van der Waals surface area contributed by atoms with Crippen molar-refractivity contribution in [3.8, 4) is 0 Å². The minimum absolute atomic E-state index is 0.157. The molecule has 1 saturated heterocycles. The summed E-state index contributed by atoms with van der Waals surface area (Å²) in [5.41, 5.74) is 0. The summed E-state index contributed by atoms with van der Waals surface area (Å²) in [4.78, 5) is 10.6. The van der Waals surface area contributed by atoms with Crippen LogP contribution in [0, 0.1) is 5.92 Å². The summed E-state index contributed by atoms with van der Waals surface area (Å²) < 4.78 is 26.4. The van der Waals surface area contributed by atoms with E-state index in [1.165, 1.54) is 18.8 Å². The lowest BCUT2D eigenvalue weighted by Crippen LogP contribution is -2.46. The standard InChI is InChI=1S/C14H23F2N5/c1-3-17-14(20-7-4-5-11(2)10-20)19-9-12-18-6-8-21(12)13(15)16/h6,8,11,13H,3-5,7,9-10H2,1-2H3,(H,17,19). The van der Waals surface area contributed by atoms with Gasteiger partial charge in [0.15, 0.2) is 5.96 Å². The third kappa shape index (κ3) is 4.15. The van der Waals surface area contributed by atoms with Gasteiger partial charge in [-0.2, -0.15) is 8.78 Å². The average Bonchev–Trinajstić information content (AvgIpc) is 2.92. The second kappa shape index (κ2) is 7.38. The number of alkyl halides is 2. The van der Waals surface area contributed by atoms with Crippen LogP contribution in [0.4, 0.5) is 8.78 Å². The van der Waals surface area contributed by atoms with Gasteiger partial charge in [-0.1, -0.05) is 6.92 Å². The number of nitrogens with zero attached hydrogens (tertiary/aromatic N) is 4. The predicted molar refractivity (Wildman–Crippen MR) is 78.3 cm³/mol. The number of nitrogens with one attached hydrogen (secondary N) is 1. The van der Waals surface area contributed by atoms with Gasteiger partial charge in [0.2, 0.25) is 0 Å². The molecule has 0 bridgehead atoms. The molecule has 1 unspecified atom stereocenters. The molecule has 0 saturated carbocycles. The number of likely N-dealkylation sites (tertiary alicyclic amines) is 1.